The largest absolute Gasteiger partial charge is 0.425 e. The highest BCUT2D eigenvalue weighted by Gasteiger charge is 2.19. The van der Waals surface area contributed by atoms with Gasteiger partial charge in [-0.15, -0.1) is 0 Å². The quantitative estimate of drug-likeness (QED) is 0.648. The summed E-state index contributed by atoms with van der Waals surface area (Å²) in [6.45, 7) is 3.13. The first kappa shape index (κ1) is 18.4. The van der Waals surface area contributed by atoms with Crippen LogP contribution in [0.3, 0.4) is 0 Å². The van der Waals surface area contributed by atoms with Crippen molar-refractivity contribution in [1.82, 2.24) is 0 Å². The van der Waals surface area contributed by atoms with Crippen LogP contribution < -0.4 is 10.5 Å². The Hall–Kier alpha value is -1.89. The minimum absolute atomic E-state index is 0.0000779. The van der Waals surface area contributed by atoms with Crippen molar-refractivity contribution in [3.8, 4) is 5.75 Å². The van der Waals surface area contributed by atoms with Gasteiger partial charge in [0.05, 0.1) is 14.8 Å². The lowest BCUT2D eigenvalue weighted by Gasteiger charge is -2.09. The van der Waals surface area contributed by atoms with Crippen molar-refractivity contribution >= 4 is 27.4 Å². The summed E-state index contributed by atoms with van der Waals surface area (Å²) in [6.07, 6.45) is 0.670. The molecule has 0 unspecified atom stereocenters. The van der Waals surface area contributed by atoms with Crippen molar-refractivity contribution in [1.29, 1.82) is 0 Å². The summed E-state index contributed by atoms with van der Waals surface area (Å²) in [4.78, 5) is 11.2. The molecule has 0 saturated carbocycles. The van der Waals surface area contributed by atoms with Crippen LogP contribution in [0.4, 0.5) is 0 Å². The highest BCUT2D eigenvalue weighted by molar-refractivity contribution is 7.91. The Morgan fingerprint density at radius 2 is 1.75 bits per heavy atom. The Bertz CT molecular complexity index is 845. The summed E-state index contributed by atoms with van der Waals surface area (Å²) in [7, 11) is -3.71. The summed E-state index contributed by atoms with van der Waals surface area (Å²) in [6, 6.07) is 10.6. The standard InChI is InChI=1S/C17H18ClNO4S/c1-11(19)9-13-3-5-14(6-4-13)24(21,22)15-7-8-17(16(18)10-15)23-12(2)20/h3-8,10-11H,9,19H2,1-2H3/t11-/m1/s1. The molecular formula is C17H18ClNO4S. The number of sulfone groups is 1. The van der Waals surface area contributed by atoms with Crippen molar-refractivity contribution in [2.24, 2.45) is 5.73 Å². The van der Waals surface area contributed by atoms with Crippen LogP contribution in [0.2, 0.25) is 5.02 Å². The van der Waals surface area contributed by atoms with Gasteiger partial charge >= 0.3 is 5.97 Å². The van der Waals surface area contributed by atoms with Crippen LogP contribution in [0.15, 0.2) is 52.3 Å². The Morgan fingerprint density at radius 3 is 2.25 bits per heavy atom. The fourth-order valence-electron chi connectivity index (χ4n) is 2.20. The van der Waals surface area contributed by atoms with Crippen LogP contribution in [-0.2, 0) is 21.1 Å². The van der Waals surface area contributed by atoms with Crippen LogP contribution in [0.1, 0.15) is 19.4 Å². The predicted molar refractivity (Wildman–Crippen MR) is 92.0 cm³/mol. The van der Waals surface area contributed by atoms with Crippen LogP contribution in [-0.4, -0.2) is 20.4 Å². The first-order valence-corrected chi connectivity index (χ1v) is 9.14. The minimum atomic E-state index is -3.71. The van der Waals surface area contributed by atoms with E-state index >= 15 is 0 Å². The van der Waals surface area contributed by atoms with E-state index in [0.717, 1.165) is 5.56 Å². The van der Waals surface area contributed by atoms with Crippen LogP contribution >= 0.6 is 11.6 Å². The van der Waals surface area contributed by atoms with E-state index in [4.69, 9.17) is 22.1 Å². The van der Waals surface area contributed by atoms with E-state index in [0.29, 0.717) is 6.42 Å². The van der Waals surface area contributed by atoms with Gasteiger partial charge in [-0.05, 0) is 49.2 Å². The Morgan fingerprint density at radius 1 is 1.17 bits per heavy atom. The molecule has 2 rings (SSSR count). The highest BCUT2D eigenvalue weighted by atomic mass is 35.5. The molecule has 0 amide bonds. The third kappa shape index (κ3) is 4.35. The normalized spacial score (nSPS) is 12.7. The Kier molecular flexibility index (Phi) is 5.64. The average Bonchev–Trinajstić information content (AvgIpc) is 2.48. The average molecular weight is 368 g/mol. The van der Waals surface area contributed by atoms with Gasteiger partial charge in [-0.2, -0.15) is 0 Å². The fraction of sp³-hybridized carbons (Fsp3) is 0.235. The van der Waals surface area contributed by atoms with Crippen LogP contribution in [0.5, 0.6) is 5.75 Å². The summed E-state index contributed by atoms with van der Waals surface area (Å²) < 4.78 is 30.2. The Balaban J connectivity index is 2.33. The van der Waals surface area contributed by atoms with Crippen molar-refractivity contribution in [3.63, 3.8) is 0 Å². The van der Waals surface area contributed by atoms with E-state index < -0.39 is 15.8 Å². The molecule has 2 N–H and O–H groups in total. The zero-order valence-corrected chi connectivity index (χ0v) is 14.9. The number of rotatable bonds is 5. The maximum absolute atomic E-state index is 12.7. The number of ether oxygens (including phenoxy) is 1. The summed E-state index contributed by atoms with van der Waals surface area (Å²) >= 11 is 5.99. The zero-order valence-electron chi connectivity index (χ0n) is 13.3. The van der Waals surface area contributed by atoms with Crippen molar-refractivity contribution in [3.05, 3.63) is 53.1 Å². The number of carbonyl (C=O) groups excluding carboxylic acids is 1. The molecule has 1 atom stereocenters. The number of halogens is 1. The SMILES string of the molecule is CC(=O)Oc1ccc(S(=O)(=O)c2ccc(C[C@@H](C)N)cc2)cc1Cl. The number of hydrogen-bond acceptors (Lipinski definition) is 5. The van der Waals surface area contributed by atoms with Crippen LogP contribution in [0.25, 0.3) is 0 Å². The maximum atomic E-state index is 12.7. The molecule has 5 nitrogen and oxygen atoms in total. The molecule has 2 aromatic carbocycles. The van der Waals surface area contributed by atoms with Crippen molar-refractivity contribution < 1.29 is 17.9 Å². The third-order valence-corrected chi connectivity index (χ3v) is 5.32. The van der Waals surface area contributed by atoms with Gasteiger partial charge in [0, 0.05) is 13.0 Å². The molecular weight excluding hydrogens is 350 g/mol. The van der Waals surface area contributed by atoms with Gasteiger partial charge in [-0.1, -0.05) is 23.7 Å². The number of benzene rings is 2. The lowest BCUT2D eigenvalue weighted by molar-refractivity contribution is -0.131. The summed E-state index contributed by atoms with van der Waals surface area (Å²) in [5, 5.41) is 0.0554. The smallest absolute Gasteiger partial charge is 0.308 e. The molecule has 0 radical (unpaired) electrons. The molecule has 0 fully saturated rings. The second-order valence-corrected chi connectivity index (χ2v) is 7.87. The second kappa shape index (κ2) is 7.34. The molecule has 0 bridgehead atoms. The van der Waals surface area contributed by atoms with Gasteiger partial charge < -0.3 is 10.5 Å². The van der Waals surface area contributed by atoms with E-state index in [1.807, 2.05) is 6.92 Å². The molecule has 0 heterocycles. The number of hydrogen-bond donors (Lipinski definition) is 1. The van der Waals surface area contributed by atoms with Gasteiger partial charge in [0.2, 0.25) is 9.84 Å². The molecule has 0 aliphatic heterocycles. The molecule has 24 heavy (non-hydrogen) atoms. The van der Waals surface area contributed by atoms with Crippen molar-refractivity contribution in [2.45, 2.75) is 36.1 Å². The number of esters is 1. The Labute approximate surface area is 146 Å². The van der Waals surface area contributed by atoms with E-state index in [1.54, 1.807) is 24.3 Å². The van der Waals surface area contributed by atoms with Gasteiger partial charge in [0.15, 0.2) is 0 Å². The van der Waals surface area contributed by atoms with E-state index in [-0.39, 0.29) is 26.6 Å². The summed E-state index contributed by atoms with van der Waals surface area (Å²) in [5.41, 5.74) is 6.70. The van der Waals surface area contributed by atoms with E-state index in [9.17, 15) is 13.2 Å². The second-order valence-electron chi connectivity index (χ2n) is 5.51. The number of carbonyl (C=O) groups is 1. The molecule has 128 valence electrons. The first-order valence-electron chi connectivity index (χ1n) is 7.27. The number of nitrogens with two attached hydrogens (primary N) is 1. The van der Waals surface area contributed by atoms with E-state index in [1.165, 1.54) is 25.1 Å². The van der Waals surface area contributed by atoms with Gasteiger partial charge in [-0.3, -0.25) is 4.79 Å². The lowest BCUT2D eigenvalue weighted by atomic mass is 10.1. The fourth-order valence-corrected chi connectivity index (χ4v) is 3.77. The van der Waals surface area contributed by atoms with Gasteiger partial charge in [-0.25, -0.2) is 8.42 Å². The first-order chi connectivity index (χ1) is 11.2. The third-order valence-electron chi connectivity index (χ3n) is 3.26. The summed E-state index contributed by atoms with van der Waals surface area (Å²) in [5.74, 6) is -0.410. The lowest BCUT2D eigenvalue weighted by Crippen LogP contribution is -2.17. The molecule has 0 saturated heterocycles. The topological polar surface area (TPSA) is 86.5 Å². The highest BCUT2D eigenvalue weighted by Crippen LogP contribution is 2.30. The monoisotopic (exact) mass is 367 g/mol. The molecule has 7 heteroatoms. The van der Waals surface area contributed by atoms with Gasteiger partial charge in [0.1, 0.15) is 5.75 Å². The van der Waals surface area contributed by atoms with Crippen molar-refractivity contribution in [2.75, 3.05) is 0 Å². The molecule has 0 aromatic heterocycles. The molecule has 0 aliphatic rings. The predicted octanol–water partition coefficient (Wildman–Crippen LogP) is 2.99. The zero-order chi connectivity index (χ0) is 17.9. The van der Waals surface area contributed by atoms with Crippen LogP contribution in [0, 0.1) is 0 Å². The maximum Gasteiger partial charge on any atom is 0.308 e. The molecule has 0 aliphatic carbocycles. The van der Waals surface area contributed by atoms with E-state index in [2.05, 4.69) is 0 Å². The molecule has 2 aromatic rings. The minimum Gasteiger partial charge on any atom is -0.425 e. The molecule has 0 spiro atoms. The van der Waals surface area contributed by atoms with Gasteiger partial charge in [0.25, 0.3) is 0 Å².